The molecule has 0 aliphatic carbocycles. The van der Waals surface area contributed by atoms with E-state index in [1.54, 1.807) is 12.5 Å². The van der Waals surface area contributed by atoms with Gasteiger partial charge < -0.3 is 14.8 Å². The highest BCUT2D eigenvalue weighted by atomic mass is 16.5. The molecule has 2 heterocycles. The van der Waals surface area contributed by atoms with E-state index in [4.69, 9.17) is 10.3 Å². The Morgan fingerprint density at radius 1 is 1.32 bits per heavy atom. The zero-order chi connectivity index (χ0) is 13.4. The van der Waals surface area contributed by atoms with Crippen molar-refractivity contribution < 1.29 is 4.52 Å². The molecule has 0 unspecified atom stereocenters. The van der Waals surface area contributed by atoms with Gasteiger partial charge in [-0.15, -0.1) is 0 Å². The Balaban J connectivity index is 2.04. The monoisotopic (exact) mass is 255 g/mol. The van der Waals surface area contributed by atoms with Crippen LogP contribution < -0.4 is 5.73 Å². The summed E-state index contributed by atoms with van der Waals surface area (Å²) in [6.45, 7) is 1.96. The third-order valence-corrected chi connectivity index (χ3v) is 2.95. The molecule has 96 valence electrons. The van der Waals surface area contributed by atoms with Crippen molar-refractivity contribution in [3.8, 4) is 23.0 Å². The van der Waals surface area contributed by atoms with Crippen LogP contribution in [0.15, 0.2) is 35.2 Å². The Labute approximate surface area is 109 Å². The second-order valence-corrected chi connectivity index (χ2v) is 4.39. The van der Waals surface area contributed by atoms with Gasteiger partial charge >= 0.3 is 0 Å². The highest BCUT2D eigenvalue weighted by molar-refractivity contribution is 5.64. The van der Waals surface area contributed by atoms with Crippen molar-refractivity contribution in [3.63, 3.8) is 0 Å². The molecule has 3 rings (SSSR count). The maximum atomic E-state index is 5.73. The Kier molecular flexibility index (Phi) is 2.56. The largest absolute Gasteiger partial charge is 0.399 e. The summed E-state index contributed by atoms with van der Waals surface area (Å²) >= 11 is 0. The maximum absolute atomic E-state index is 5.73. The van der Waals surface area contributed by atoms with Crippen LogP contribution in [0.4, 0.5) is 5.69 Å². The molecule has 0 bridgehead atoms. The maximum Gasteiger partial charge on any atom is 0.258 e. The Morgan fingerprint density at radius 2 is 2.16 bits per heavy atom. The standard InChI is InChI=1S/C13H13N5O/c1-8-5-9(14)3-4-10(8)13-16-12(17-19-13)11-6-15-7-18(11)2/h3-7H,14H2,1-2H3. The van der Waals surface area contributed by atoms with Crippen LogP contribution in [0, 0.1) is 6.92 Å². The van der Waals surface area contributed by atoms with E-state index in [0.717, 1.165) is 16.8 Å². The molecule has 0 spiro atoms. The van der Waals surface area contributed by atoms with Crippen molar-refractivity contribution in [1.82, 2.24) is 19.7 Å². The summed E-state index contributed by atoms with van der Waals surface area (Å²) in [4.78, 5) is 8.43. The van der Waals surface area contributed by atoms with E-state index in [9.17, 15) is 0 Å². The smallest absolute Gasteiger partial charge is 0.258 e. The highest BCUT2D eigenvalue weighted by Gasteiger charge is 2.14. The fraction of sp³-hybridized carbons (Fsp3) is 0.154. The molecule has 0 amide bonds. The van der Waals surface area contributed by atoms with Gasteiger partial charge in [-0.25, -0.2) is 4.98 Å². The molecule has 0 atom stereocenters. The lowest BCUT2D eigenvalue weighted by molar-refractivity contribution is 0.431. The molecule has 0 saturated carbocycles. The third kappa shape index (κ3) is 1.97. The molecular formula is C13H13N5O. The molecule has 0 saturated heterocycles. The van der Waals surface area contributed by atoms with E-state index in [-0.39, 0.29) is 0 Å². The van der Waals surface area contributed by atoms with Crippen molar-refractivity contribution in [2.45, 2.75) is 6.92 Å². The molecule has 0 aliphatic heterocycles. The predicted octanol–water partition coefficient (Wildman–Crippen LogP) is 2.03. The fourth-order valence-electron chi connectivity index (χ4n) is 1.94. The van der Waals surface area contributed by atoms with Crippen molar-refractivity contribution in [2.24, 2.45) is 7.05 Å². The first-order chi connectivity index (χ1) is 9.15. The van der Waals surface area contributed by atoms with Crippen molar-refractivity contribution in [3.05, 3.63) is 36.3 Å². The lowest BCUT2D eigenvalue weighted by Gasteiger charge is -2.01. The first-order valence-electron chi connectivity index (χ1n) is 5.82. The summed E-state index contributed by atoms with van der Waals surface area (Å²) in [6, 6.07) is 5.57. The van der Waals surface area contributed by atoms with Gasteiger partial charge in [-0.05, 0) is 30.7 Å². The summed E-state index contributed by atoms with van der Waals surface area (Å²) < 4.78 is 7.14. The third-order valence-electron chi connectivity index (χ3n) is 2.95. The van der Waals surface area contributed by atoms with E-state index < -0.39 is 0 Å². The molecule has 0 fully saturated rings. The van der Waals surface area contributed by atoms with Gasteiger partial charge in [0.15, 0.2) is 0 Å². The van der Waals surface area contributed by atoms with E-state index in [1.165, 1.54) is 0 Å². The highest BCUT2D eigenvalue weighted by Crippen LogP contribution is 2.25. The molecule has 6 nitrogen and oxygen atoms in total. The number of nitrogens with two attached hydrogens (primary N) is 1. The first-order valence-corrected chi connectivity index (χ1v) is 5.82. The van der Waals surface area contributed by atoms with Crippen LogP contribution >= 0.6 is 0 Å². The Bertz CT molecular complexity index is 728. The number of nitrogen functional groups attached to an aromatic ring is 1. The average Bonchev–Trinajstić information content (AvgIpc) is 2.97. The van der Waals surface area contributed by atoms with Crippen LogP contribution in [0.1, 0.15) is 5.56 Å². The van der Waals surface area contributed by atoms with Crippen LogP contribution in [0.3, 0.4) is 0 Å². The van der Waals surface area contributed by atoms with Gasteiger partial charge in [-0.3, -0.25) is 0 Å². The number of anilines is 1. The van der Waals surface area contributed by atoms with Crippen LogP contribution in [-0.4, -0.2) is 19.7 Å². The summed E-state index contributed by atoms with van der Waals surface area (Å²) in [5.41, 5.74) is 9.14. The first kappa shape index (κ1) is 11.5. The molecule has 2 aromatic heterocycles. The predicted molar refractivity (Wildman–Crippen MR) is 71.1 cm³/mol. The van der Waals surface area contributed by atoms with E-state index in [1.807, 2.05) is 36.7 Å². The zero-order valence-corrected chi connectivity index (χ0v) is 10.7. The summed E-state index contributed by atoms with van der Waals surface area (Å²) in [5, 5.41) is 3.98. The number of imidazole rings is 1. The minimum atomic E-state index is 0.480. The van der Waals surface area contributed by atoms with Crippen molar-refractivity contribution in [2.75, 3.05) is 5.73 Å². The minimum absolute atomic E-state index is 0.480. The van der Waals surface area contributed by atoms with Gasteiger partial charge in [0.25, 0.3) is 5.89 Å². The van der Waals surface area contributed by atoms with Crippen LogP contribution in [0.5, 0.6) is 0 Å². The SMILES string of the molecule is Cc1cc(N)ccc1-c1nc(-c2cncn2C)no1. The van der Waals surface area contributed by atoms with Gasteiger partial charge in [-0.1, -0.05) is 5.16 Å². The van der Waals surface area contributed by atoms with Crippen LogP contribution in [-0.2, 0) is 7.05 Å². The molecule has 1 aromatic carbocycles. The number of hydrogen-bond donors (Lipinski definition) is 1. The van der Waals surface area contributed by atoms with Gasteiger partial charge in [0.05, 0.1) is 12.5 Å². The summed E-state index contributed by atoms with van der Waals surface area (Å²) in [6.07, 6.45) is 3.39. The van der Waals surface area contributed by atoms with Gasteiger partial charge in [0, 0.05) is 18.3 Å². The van der Waals surface area contributed by atoms with Crippen molar-refractivity contribution in [1.29, 1.82) is 0 Å². The van der Waals surface area contributed by atoms with Gasteiger partial charge in [0.1, 0.15) is 5.69 Å². The quantitative estimate of drug-likeness (QED) is 0.708. The van der Waals surface area contributed by atoms with Gasteiger partial charge in [0.2, 0.25) is 5.82 Å². The summed E-state index contributed by atoms with van der Waals surface area (Å²) in [7, 11) is 1.88. The molecule has 2 N–H and O–H groups in total. The molecule has 19 heavy (non-hydrogen) atoms. The van der Waals surface area contributed by atoms with E-state index in [0.29, 0.717) is 17.4 Å². The van der Waals surface area contributed by atoms with E-state index >= 15 is 0 Å². The number of nitrogens with zero attached hydrogens (tertiary/aromatic N) is 4. The van der Waals surface area contributed by atoms with E-state index in [2.05, 4.69) is 15.1 Å². The fourth-order valence-corrected chi connectivity index (χ4v) is 1.94. The second-order valence-electron chi connectivity index (χ2n) is 4.39. The van der Waals surface area contributed by atoms with Crippen molar-refractivity contribution >= 4 is 5.69 Å². The molecule has 3 aromatic rings. The lowest BCUT2D eigenvalue weighted by atomic mass is 10.1. The summed E-state index contributed by atoms with van der Waals surface area (Å²) in [5.74, 6) is 1.000. The van der Waals surface area contributed by atoms with Crippen LogP contribution in [0.2, 0.25) is 0 Å². The van der Waals surface area contributed by atoms with Gasteiger partial charge in [-0.2, -0.15) is 4.98 Å². The number of rotatable bonds is 2. The Hall–Kier alpha value is -2.63. The number of aromatic nitrogens is 4. The average molecular weight is 255 g/mol. The molecule has 0 aliphatic rings. The topological polar surface area (TPSA) is 82.8 Å². The lowest BCUT2D eigenvalue weighted by Crippen LogP contribution is -1.91. The Morgan fingerprint density at radius 3 is 2.84 bits per heavy atom. The number of aryl methyl sites for hydroxylation is 2. The minimum Gasteiger partial charge on any atom is -0.399 e. The second kappa shape index (κ2) is 4.24. The molecule has 6 heteroatoms. The number of benzene rings is 1. The number of hydrogen-bond acceptors (Lipinski definition) is 5. The molecular weight excluding hydrogens is 242 g/mol. The molecule has 0 radical (unpaired) electrons. The van der Waals surface area contributed by atoms with Crippen LogP contribution in [0.25, 0.3) is 23.0 Å². The normalized spacial score (nSPS) is 10.8. The zero-order valence-electron chi connectivity index (χ0n) is 10.7.